The van der Waals surface area contributed by atoms with Crippen LogP contribution in [-0.4, -0.2) is 10.9 Å². The lowest BCUT2D eigenvalue weighted by atomic mass is 10.2. The highest BCUT2D eigenvalue weighted by Crippen LogP contribution is 2.24. The summed E-state index contributed by atoms with van der Waals surface area (Å²) in [5.41, 5.74) is 2.89. The fourth-order valence-electron chi connectivity index (χ4n) is 1.90. The van der Waals surface area contributed by atoms with Crippen LogP contribution in [0.15, 0.2) is 34.1 Å². The number of aromatic nitrogens is 1. The van der Waals surface area contributed by atoms with Crippen molar-refractivity contribution in [1.82, 2.24) is 4.98 Å². The molecule has 0 spiro atoms. The van der Waals surface area contributed by atoms with E-state index in [4.69, 9.17) is 4.42 Å². The van der Waals surface area contributed by atoms with E-state index in [1.165, 1.54) is 0 Å². The molecule has 0 unspecified atom stereocenters. The third-order valence-electron chi connectivity index (χ3n) is 2.99. The average Bonchev–Trinajstić information content (AvgIpc) is 3.04. The van der Waals surface area contributed by atoms with E-state index in [2.05, 4.69) is 32.9 Å². The van der Waals surface area contributed by atoms with E-state index in [9.17, 15) is 4.79 Å². The van der Waals surface area contributed by atoms with Crippen LogP contribution in [-0.2, 0) is 0 Å². The lowest BCUT2D eigenvalue weighted by Crippen LogP contribution is -2.10. The van der Waals surface area contributed by atoms with Crippen molar-refractivity contribution in [2.24, 2.45) is 0 Å². The Balaban J connectivity index is 1.85. The van der Waals surface area contributed by atoms with E-state index in [0.717, 1.165) is 19.7 Å². The van der Waals surface area contributed by atoms with Gasteiger partial charge in [0, 0.05) is 17.0 Å². The van der Waals surface area contributed by atoms with Crippen molar-refractivity contribution < 1.29 is 9.21 Å². The predicted molar refractivity (Wildman–Crippen MR) is 93.1 cm³/mol. The van der Waals surface area contributed by atoms with Crippen LogP contribution in [0.25, 0.3) is 11.1 Å². The second-order valence-corrected chi connectivity index (χ2v) is 7.79. The van der Waals surface area contributed by atoms with Gasteiger partial charge in [-0.05, 0) is 46.9 Å². The number of nitrogens with one attached hydrogen (secondary N) is 1. The molecule has 0 aliphatic heterocycles. The van der Waals surface area contributed by atoms with Gasteiger partial charge in [0.15, 0.2) is 11.5 Å². The molecule has 3 rings (SSSR count). The number of anilines is 1. The summed E-state index contributed by atoms with van der Waals surface area (Å²) in [5, 5.41) is 4.73. The van der Waals surface area contributed by atoms with Gasteiger partial charge in [0.1, 0.15) is 5.52 Å². The Hall–Kier alpha value is -1.41. The number of fused-ring (bicyclic) bond motifs is 1. The maximum atomic E-state index is 12.1. The van der Waals surface area contributed by atoms with Gasteiger partial charge >= 0.3 is 0 Å². The smallest absolute Gasteiger partial charge is 0.256 e. The Morgan fingerprint density at radius 1 is 1.38 bits per heavy atom. The number of benzene rings is 1. The van der Waals surface area contributed by atoms with E-state index < -0.39 is 0 Å². The van der Waals surface area contributed by atoms with Gasteiger partial charge in [-0.2, -0.15) is 0 Å². The molecule has 0 aliphatic carbocycles. The lowest BCUT2D eigenvalue weighted by molar-refractivity contribution is 0.102. The number of hydrogen-bond acceptors (Lipinski definition) is 4. The molecule has 0 saturated heterocycles. The van der Waals surface area contributed by atoms with Gasteiger partial charge in [0.05, 0.1) is 8.45 Å². The van der Waals surface area contributed by atoms with Crippen molar-refractivity contribution in [3.63, 3.8) is 0 Å². The molecule has 108 valence electrons. The van der Waals surface area contributed by atoms with Gasteiger partial charge in [-0.3, -0.25) is 4.79 Å². The Labute approximate surface area is 139 Å². The van der Waals surface area contributed by atoms with Crippen LogP contribution in [0.3, 0.4) is 0 Å². The predicted octanol–water partition coefficient (Wildman–Crippen LogP) is 4.87. The summed E-state index contributed by atoms with van der Waals surface area (Å²) < 4.78 is 6.74. The summed E-state index contributed by atoms with van der Waals surface area (Å²) in [6.45, 7) is 4.07. The second-order valence-electron chi connectivity index (χ2n) is 4.98. The molecule has 1 amide bonds. The molecule has 3 aromatic rings. The summed E-state index contributed by atoms with van der Waals surface area (Å²) in [6.07, 6.45) is 0. The van der Waals surface area contributed by atoms with Crippen LogP contribution in [0.5, 0.6) is 0 Å². The van der Waals surface area contributed by atoms with Crippen molar-refractivity contribution in [2.75, 3.05) is 5.32 Å². The molecular formula is C15H13IN2O2S. The van der Waals surface area contributed by atoms with E-state index in [0.29, 0.717) is 11.5 Å². The number of carbonyl (C=O) groups excluding carboxylic acids is 1. The molecule has 0 atom stereocenters. The van der Waals surface area contributed by atoms with E-state index >= 15 is 0 Å². The zero-order valence-electron chi connectivity index (χ0n) is 11.5. The number of thiophene rings is 1. The molecular weight excluding hydrogens is 399 g/mol. The molecule has 0 aliphatic rings. The highest BCUT2D eigenvalue weighted by atomic mass is 127. The Morgan fingerprint density at radius 3 is 2.86 bits per heavy atom. The van der Waals surface area contributed by atoms with Crippen molar-refractivity contribution in [3.8, 4) is 0 Å². The largest absolute Gasteiger partial charge is 0.440 e. The minimum atomic E-state index is -0.110. The first-order chi connectivity index (χ1) is 10.0. The van der Waals surface area contributed by atoms with Crippen LogP contribution in [0, 0.1) is 2.88 Å². The molecule has 0 bridgehead atoms. The first-order valence-corrected chi connectivity index (χ1v) is 8.44. The van der Waals surface area contributed by atoms with E-state index in [-0.39, 0.29) is 11.8 Å². The van der Waals surface area contributed by atoms with Crippen molar-refractivity contribution in [1.29, 1.82) is 0 Å². The fourth-order valence-corrected chi connectivity index (χ4v) is 3.23. The molecule has 1 N–H and O–H groups in total. The first kappa shape index (κ1) is 14.5. The summed E-state index contributed by atoms with van der Waals surface area (Å²) in [6, 6.07) is 7.36. The third-order valence-corrected chi connectivity index (χ3v) is 4.77. The average molecular weight is 412 g/mol. The summed E-state index contributed by atoms with van der Waals surface area (Å²) in [5.74, 6) is 0.838. The number of hydrogen-bond donors (Lipinski definition) is 1. The molecule has 6 heteroatoms. The fraction of sp³-hybridized carbons (Fsp3) is 0.200. The van der Waals surface area contributed by atoms with Crippen LogP contribution >= 0.6 is 33.9 Å². The summed E-state index contributed by atoms with van der Waals surface area (Å²) >= 11 is 3.75. The highest BCUT2D eigenvalue weighted by Gasteiger charge is 2.12. The van der Waals surface area contributed by atoms with Crippen molar-refractivity contribution in [3.05, 3.63) is 44.0 Å². The molecule has 2 aromatic heterocycles. The van der Waals surface area contributed by atoms with Gasteiger partial charge in [-0.25, -0.2) is 4.98 Å². The number of halogens is 1. The zero-order chi connectivity index (χ0) is 15.0. The first-order valence-electron chi connectivity index (χ1n) is 6.49. The maximum Gasteiger partial charge on any atom is 0.256 e. The van der Waals surface area contributed by atoms with Crippen molar-refractivity contribution in [2.45, 2.75) is 19.8 Å². The van der Waals surface area contributed by atoms with Crippen molar-refractivity contribution >= 4 is 56.6 Å². The van der Waals surface area contributed by atoms with Gasteiger partial charge in [-0.15, -0.1) is 11.3 Å². The molecule has 0 radical (unpaired) electrons. The quantitative estimate of drug-likeness (QED) is 0.625. The van der Waals surface area contributed by atoms with E-state index in [1.807, 2.05) is 43.5 Å². The molecule has 2 heterocycles. The molecule has 1 aromatic carbocycles. The van der Waals surface area contributed by atoms with Gasteiger partial charge in [-0.1, -0.05) is 13.8 Å². The van der Waals surface area contributed by atoms with E-state index in [1.54, 1.807) is 11.3 Å². The van der Waals surface area contributed by atoms with Gasteiger partial charge in [0.25, 0.3) is 5.91 Å². The zero-order valence-corrected chi connectivity index (χ0v) is 14.5. The Bertz CT molecular complexity index is 807. The minimum Gasteiger partial charge on any atom is -0.440 e. The number of nitrogens with zero attached hydrogens (tertiary/aromatic N) is 1. The maximum absolute atomic E-state index is 12.1. The normalized spacial score (nSPS) is 11.2. The van der Waals surface area contributed by atoms with Crippen LogP contribution in [0.2, 0.25) is 0 Å². The number of oxazole rings is 1. The van der Waals surface area contributed by atoms with Gasteiger partial charge < -0.3 is 9.73 Å². The third kappa shape index (κ3) is 3.11. The summed E-state index contributed by atoms with van der Waals surface area (Å²) in [7, 11) is 0. The van der Waals surface area contributed by atoms with Crippen LogP contribution < -0.4 is 5.32 Å². The second kappa shape index (κ2) is 5.76. The SMILES string of the molecule is CC(C)c1nc2cc(NC(=O)c3csc(I)c3)ccc2o1. The number of rotatable bonds is 3. The topological polar surface area (TPSA) is 55.1 Å². The molecule has 21 heavy (non-hydrogen) atoms. The van der Waals surface area contributed by atoms with Crippen LogP contribution in [0.1, 0.15) is 36.0 Å². The standard InChI is InChI=1S/C15H13IN2O2S/c1-8(2)15-18-11-6-10(3-4-12(11)20-15)17-14(19)9-5-13(16)21-7-9/h3-8H,1-2H3,(H,17,19). The highest BCUT2D eigenvalue weighted by molar-refractivity contribution is 14.1. The monoisotopic (exact) mass is 412 g/mol. The molecule has 0 saturated carbocycles. The van der Waals surface area contributed by atoms with Gasteiger partial charge in [0.2, 0.25) is 0 Å². The lowest BCUT2D eigenvalue weighted by Gasteiger charge is -2.02. The molecule has 0 fully saturated rings. The Kier molecular flexibility index (Phi) is 3.99. The summed E-state index contributed by atoms with van der Waals surface area (Å²) in [4.78, 5) is 16.6. The number of carbonyl (C=O) groups is 1. The molecule has 4 nitrogen and oxygen atoms in total. The number of amides is 1. The van der Waals surface area contributed by atoms with Crippen LogP contribution in [0.4, 0.5) is 5.69 Å². The Morgan fingerprint density at radius 2 is 2.19 bits per heavy atom. The minimum absolute atomic E-state index is 0.110.